The van der Waals surface area contributed by atoms with Crippen LogP contribution in [0.1, 0.15) is 32.6 Å². The molecular formula is C8H16N4. The molecule has 1 fully saturated rings. The van der Waals surface area contributed by atoms with Gasteiger partial charge in [0.05, 0.1) is 0 Å². The Labute approximate surface area is 72.7 Å². The summed E-state index contributed by atoms with van der Waals surface area (Å²) in [5.41, 5.74) is 11.3. The highest BCUT2D eigenvalue weighted by Gasteiger charge is 2.17. The maximum atomic E-state index is 5.14. The lowest BCUT2D eigenvalue weighted by Gasteiger charge is -2.24. The molecule has 1 aliphatic rings. The van der Waals surface area contributed by atoms with E-state index in [1.54, 1.807) is 0 Å². The quantitative estimate of drug-likeness (QED) is 0.372. The van der Waals surface area contributed by atoms with Crippen LogP contribution < -0.4 is 11.5 Å². The van der Waals surface area contributed by atoms with Crippen molar-refractivity contribution in [2.24, 2.45) is 27.6 Å². The van der Waals surface area contributed by atoms with Crippen molar-refractivity contribution >= 4 is 11.7 Å². The van der Waals surface area contributed by atoms with E-state index in [-0.39, 0.29) is 5.96 Å². The number of hydrogen-bond donors (Lipinski definition) is 2. The van der Waals surface area contributed by atoms with Crippen LogP contribution in [0.3, 0.4) is 0 Å². The molecule has 0 aromatic carbocycles. The van der Waals surface area contributed by atoms with Gasteiger partial charge in [-0.1, -0.05) is 19.3 Å². The molecule has 0 radical (unpaired) electrons. The van der Waals surface area contributed by atoms with Gasteiger partial charge in [-0.3, -0.25) is 0 Å². The van der Waals surface area contributed by atoms with Crippen molar-refractivity contribution in [3.8, 4) is 0 Å². The van der Waals surface area contributed by atoms with Crippen LogP contribution in [0.15, 0.2) is 10.2 Å². The molecule has 1 saturated carbocycles. The number of hydrogen-bond acceptors (Lipinski definition) is 2. The standard InChI is InChI=1S/C8H16N4/c1-6(11-12-8(9)10)5-7-3-2-4-7/h7H,2-5H2,1H3,(H4,9,10,12). The highest BCUT2D eigenvalue weighted by Crippen LogP contribution is 2.29. The maximum Gasteiger partial charge on any atom is 0.211 e. The smallest absolute Gasteiger partial charge is 0.211 e. The van der Waals surface area contributed by atoms with E-state index in [4.69, 9.17) is 11.5 Å². The summed E-state index contributed by atoms with van der Waals surface area (Å²) in [6, 6.07) is 0. The fraction of sp³-hybridized carbons (Fsp3) is 0.750. The van der Waals surface area contributed by atoms with Crippen molar-refractivity contribution < 1.29 is 0 Å². The summed E-state index contributed by atoms with van der Waals surface area (Å²) in [6.45, 7) is 1.96. The molecular weight excluding hydrogens is 152 g/mol. The summed E-state index contributed by atoms with van der Waals surface area (Å²) < 4.78 is 0. The molecule has 1 rings (SSSR count). The van der Waals surface area contributed by atoms with Crippen LogP contribution in [0, 0.1) is 5.92 Å². The third-order valence-corrected chi connectivity index (χ3v) is 2.15. The van der Waals surface area contributed by atoms with Gasteiger partial charge >= 0.3 is 0 Å². The molecule has 0 unspecified atom stereocenters. The van der Waals surface area contributed by atoms with E-state index in [1.807, 2.05) is 6.92 Å². The average molecular weight is 168 g/mol. The van der Waals surface area contributed by atoms with Crippen LogP contribution in [-0.2, 0) is 0 Å². The topological polar surface area (TPSA) is 76.8 Å². The maximum absolute atomic E-state index is 5.14. The minimum atomic E-state index is 0.0305. The summed E-state index contributed by atoms with van der Waals surface area (Å²) in [5.74, 6) is 0.853. The molecule has 12 heavy (non-hydrogen) atoms. The molecule has 0 aliphatic heterocycles. The van der Waals surface area contributed by atoms with Crippen LogP contribution in [0.5, 0.6) is 0 Å². The van der Waals surface area contributed by atoms with Crippen molar-refractivity contribution in [2.75, 3.05) is 0 Å². The largest absolute Gasteiger partial charge is 0.369 e. The Balaban J connectivity index is 2.30. The van der Waals surface area contributed by atoms with Gasteiger partial charge < -0.3 is 11.5 Å². The first-order valence-corrected chi connectivity index (χ1v) is 4.30. The Hall–Kier alpha value is -1.06. The molecule has 0 aromatic rings. The van der Waals surface area contributed by atoms with E-state index in [1.165, 1.54) is 19.3 Å². The van der Waals surface area contributed by atoms with Crippen LogP contribution in [0.4, 0.5) is 0 Å². The van der Waals surface area contributed by atoms with Gasteiger partial charge in [0.15, 0.2) is 0 Å². The fourth-order valence-corrected chi connectivity index (χ4v) is 1.30. The number of nitrogens with two attached hydrogens (primary N) is 2. The summed E-state index contributed by atoms with van der Waals surface area (Å²) in [7, 11) is 0. The predicted octanol–water partition coefficient (Wildman–Crippen LogP) is 0.826. The third-order valence-electron chi connectivity index (χ3n) is 2.15. The molecule has 0 aromatic heterocycles. The Morgan fingerprint density at radius 1 is 1.33 bits per heavy atom. The summed E-state index contributed by atoms with van der Waals surface area (Å²) in [5, 5.41) is 7.50. The van der Waals surface area contributed by atoms with Gasteiger partial charge in [0.25, 0.3) is 0 Å². The number of guanidine groups is 1. The first-order chi connectivity index (χ1) is 5.68. The second-order valence-corrected chi connectivity index (χ2v) is 3.36. The van der Waals surface area contributed by atoms with E-state index in [0.717, 1.165) is 18.1 Å². The second kappa shape index (κ2) is 4.09. The lowest BCUT2D eigenvalue weighted by molar-refractivity contribution is 0.326. The first kappa shape index (κ1) is 9.03. The molecule has 4 nitrogen and oxygen atoms in total. The minimum absolute atomic E-state index is 0.0305. The van der Waals surface area contributed by atoms with Gasteiger partial charge in [0.1, 0.15) is 0 Å². The van der Waals surface area contributed by atoms with Gasteiger partial charge in [-0.25, -0.2) is 0 Å². The highest BCUT2D eigenvalue weighted by atomic mass is 15.3. The third kappa shape index (κ3) is 2.90. The van der Waals surface area contributed by atoms with Crippen molar-refractivity contribution in [3.05, 3.63) is 0 Å². The lowest BCUT2D eigenvalue weighted by atomic mass is 9.82. The molecule has 4 N–H and O–H groups in total. The van der Waals surface area contributed by atoms with Gasteiger partial charge in [-0.2, -0.15) is 5.10 Å². The zero-order valence-electron chi connectivity index (χ0n) is 7.45. The van der Waals surface area contributed by atoms with Crippen molar-refractivity contribution in [2.45, 2.75) is 32.6 Å². The van der Waals surface area contributed by atoms with Crippen molar-refractivity contribution in [1.29, 1.82) is 0 Å². The highest BCUT2D eigenvalue weighted by molar-refractivity contribution is 5.83. The number of rotatable bonds is 3. The fourth-order valence-electron chi connectivity index (χ4n) is 1.30. The molecule has 4 heteroatoms. The zero-order chi connectivity index (χ0) is 8.97. The van der Waals surface area contributed by atoms with Gasteiger partial charge in [-0.05, 0) is 19.3 Å². The summed E-state index contributed by atoms with van der Waals surface area (Å²) in [4.78, 5) is 0. The Morgan fingerprint density at radius 3 is 2.42 bits per heavy atom. The Bertz CT molecular complexity index is 199. The molecule has 0 amide bonds. The van der Waals surface area contributed by atoms with Crippen LogP contribution >= 0.6 is 0 Å². The molecule has 0 bridgehead atoms. The van der Waals surface area contributed by atoms with E-state index in [9.17, 15) is 0 Å². The van der Waals surface area contributed by atoms with Crippen LogP contribution in [0.2, 0.25) is 0 Å². The van der Waals surface area contributed by atoms with E-state index >= 15 is 0 Å². The Morgan fingerprint density at radius 2 is 2.00 bits per heavy atom. The predicted molar refractivity (Wildman–Crippen MR) is 50.9 cm³/mol. The van der Waals surface area contributed by atoms with E-state index in [2.05, 4.69) is 10.2 Å². The van der Waals surface area contributed by atoms with Crippen molar-refractivity contribution in [1.82, 2.24) is 0 Å². The molecule has 0 spiro atoms. The van der Waals surface area contributed by atoms with Crippen molar-refractivity contribution in [3.63, 3.8) is 0 Å². The number of nitrogens with zero attached hydrogens (tertiary/aromatic N) is 2. The normalized spacial score (nSPS) is 18.6. The molecule has 68 valence electrons. The minimum Gasteiger partial charge on any atom is -0.369 e. The van der Waals surface area contributed by atoms with Gasteiger partial charge in [0.2, 0.25) is 5.96 Å². The molecule has 0 saturated heterocycles. The van der Waals surface area contributed by atoms with E-state index < -0.39 is 0 Å². The second-order valence-electron chi connectivity index (χ2n) is 3.36. The molecule has 0 atom stereocenters. The zero-order valence-corrected chi connectivity index (χ0v) is 7.45. The van der Waals surface area contributed by atoms with Gasteiger partial charge in [-0.15, -0.1) is 5.10 Å². The summed E-state index contributed by atoms with van der Waals surface area (Å²) in [6.07, 6.45) is 5.06. The van der Waals surface area contributed by atoms with E-state index in [0.29, 0.717) is 0 Å². The Kier molecular flexibility index (Phi) is 3.08. The van der Waals surface area contributed by atoms with Gasteiger partial charge in [0, 0.05) is 5.71 Å². The SMILES string of the molecule is CC(CC1CCC1)=NN=C(N)N. The first-order valence-electron chi connectivity index (χ1n) is 4.30. The average Bonchev–Trinajstić information content (AvgIpc) is 1.93. The monoisotopic (exact) mass is 168 g/mol. The summed E-state index contributed by atoms with van der Waals surface area (Å²) >= 11 is 0. The molecule has 1 aliphatic carbocycles. The lowest BCUT2D eigenvalue weighted by Crippen LogP contribution is -2.22. The van der Waals surface area contributed by atoms with Crippen LogP contribution in [-0.4, -0.2) is 11.7 Å². The van der Waals surface area contributed by atoms with Crippen LogP contribution in [0.25, 0.3) is 0 Å². The molecule has 0 heterocycles.